The predicted molar refractivity (Wildman–Crippen MR) is 103 cm³/mol. The van der Waals surface area contributed by atoms with Gasteiger partial charge in [-0.15, -0.1) is 0 Å². The summed E-state index contributed by atoms with van der Waals surface area (Å²) < 4.78 is 9.39. The molecule has 0 aliphatic heterocycles. The molecule has 0 aliphatic carbocycles. The molecule has 0 saturated heterocycles. The van der Waals surface area contributed by atoms with Crippen molar-refractivity contribution in [2.24, 2.45) is 0 Å². The minimum atomic E-state index is 0.837. The number of nitrogens with zero attached hydrogens (tertiary/aromatic N) is 5. The van der Waals surface area contributed by atoms with Gasteiger partial charge in [0.2, 0.25) is 0 Å². The van der Waals surface area contributed by atoms with Crippen LogP contribution in [0.3, 0.4) is 0 Å². The van der Waals surface area contributed by atoms with E-state index in [1.165, 1.54) is 11.3 Å². The number of hydrogen-bond donors (Lipinski definition) is 0. The molecule has 138 valence electrons. The Balaban J connectivity index is 1.64. The van der Waals surface area contributed by atoms with E-state index < -0.39 is 0 Å². The minimum absolute atomic E-state index is 0.837. The van der Waals surface area contributed by atoms with Crippen molar-refractivity contribution in [2.45, 2.75) is 33.4 Å². The Morgan fingerprint density at radius 1 is 1.19 bits per heavy atom. The predicted octanol–water partition coefficient (Wildman–Crippen LogP) is 3.22. The number of rotatable bonds is 8. The van der Waals surface area contributed by atoms with Crippen LogP contribution in [0.2, 0.25) is 0 Å². The van der Waals surface area contributed by atoms with Crippen molar-refractivity contribution in [1.82, 2.24) is 24.5 Å². The van der Waals surface area contributed by atoms with Crippen LogP contribution in [0.25, 0.3) is 5.69 Å². The number of benzene rings is 1. The third kappa shape index (κ3) is 4.32. The van der Waals surface area contributed by atoms with Gasteiger partial charge in [0.25, 0.3) is 0 Å². The fourth-order valence-corrected chi connectivity index (χ4v) is 3.21. The SMILES string of the molecule is COc1ccc(-n2cccn2)c(CN(C)CCCn2nc(C)cc2C)c1. The monoisotopic (exact) mass is 353 g/mol. The number of ether oxygens (including phenoxy) is 1. The normalized spacial score (nSPS) is 11.3. The quantitative estimate of drug-likeness (QED) is 0.624. The van der Waals surface area contributed by atoms with E-state index >= 15 is 0 Å². The fraction of sp³-hybridized carbons (Fsp3) is 0.400. The van der Waals surface area contributed by atoms with Gasteiger partial charge >= 0.3 is 0 Å². The molecule has 26 heavy (non-hydrogen) atoms. The van der Waals surface area contributed by atoms with E-state index in [0.29, 0.717) is 0 Å². The first-order valence-corrected chi connectivity index (χ1v) is 8.93. The van der Waals surface area contributed by atoms with Crippen LogP contribution in [-0.2, 0) is 13.1 Å². The largest absolute Gasteiger partial charge is 0.497 e. The number of methoxy groups -OCH3 is 1. The zero-order chi connectivity index (χ0) is 18.5. The van der Waals surface area contributed by atoms with Crippen LogP contribution < -0.4 is 4.74 Å². The van der Waals surface area contributed by atoms with E-state index in [0.717, 1.165) is 43.2 Å². The van der Waals surface area contributed by atoms with Crippen LogP contribution in [0.15, 0.2) is 42.7 Å². The summed E-state index contributed by atoms with van der Waals surface area (Å²) >= 11 is 0. The standard InChI is InChI=1S/C20H27N5O/c1-16-13-17(2)24(22-16)12-6-10-23(3)15-18-14-19(26-4)7-8-20(18)25-11-5-9-21-25/h5,7-9,11,13-14H,6,10,12,15H2,1-4H3. The van der Waals surface area contributed by atoms with Gasteiger partial charge in [0, 0.05) is 31.2 Å². The van der Waals surface area contributed by atoms with Gasteiger partial charge in [-0.25, -0.2) is 4.68 Å². The molecule has 0 saturated carbocycles. The molecule has 0 aliphatic rings. The summed E-state index contributed by atoms with van der Waals surface area (Å²) in [5, 5.41) is 8.90. The molecule has 6 nitrogen and oxygen atoms in total. The van der Waals surface area contributed by atoms with Crippen molar-refractivity contribution in [2.75, 3.05) is 20.7 Å². The van der Waals surface area contributed by atoms with Gasteiger partial charge in [0.05, 0.1) is 18.5 Å². The molecule has 2 heterocycles. The second-order valence-corrected chi connectivity index (χ2v) is 6.69. The first kappa shape index (κ1) is 18.2. The molecule has 2 aromatic heterocycles. The maximum Gasteiger partial charge on any atom is 0.119 e. The molecule has 0 N–H and O–H groups in total. The third-order valence-electron chi connectivity index (χ3n) is 4.49. The maximum atomic E-state index is 5.40. The second kappa shape index (κ2) is 8.19. The lowest BCUT2D eigenvalue weighted by atomic mass is 10.1. The van der Waals surface area contributed by atoms with Gasteiger partial charge in [-0.3, -0.25) is 4.68 Å². The molecule has 6 heteroatoms. The van der Waals surface area contributed by atoms with Crippen LogP contribution >= 0.6 is 0 Å². The van der Waals surface area contributed by atoms with Crippen LogP contribution in [0.1, 0.15) is 23.4 Å². The molecule has 0 unspecified atom stereocenters. The van der Waals surface area contributed by atoms with Gasteiger partial charge < -0.3 is 9.64 Å². The molecule has 0 radical (unpaired) electrons. The Kier molecular flexibility index (Phi) is 5.73. The highest BCUT2D eigenvalue weighted by atomic mass is 16.5. The Labute approximate surface area is 155 Å². The first-order valence-electron chi connectivity index (χ1n) is 8.93. The molecule has 0 fully saturated rings. The molecular weight excluding hydrogens is 326 g/mol. The van der Waals surface area contributed by atoms with Crippen molar-refractivity contribution in [3.63, 3.8) is 0 Å². The third-order valence-corrected chi connectivity index (χ3v) is 4.49. The lowest BCUT2D eigenvalue weighted by Crippen LogP contribution is -2.21. The molecular formula is C20H27N5O. The molecule has 0 amide bonds. The molecule has 3 rings (SSSR count). The highest BCUT2D eigenvalue weighted by Crippen LogP contribution is 2.22. The van der Waals surface area contributed by atoms with E-state index in [2.05, 4.69) is 51.9 Å². The molecule has 0 spiro atoms. The van der Waals surface area contributed by atoms with Crippen LogP contribution in [0.4, 0.5) is 0 Å². The van der Waals surface area contributed by atoms with Crippen molar-refractivity contribution in [1.29, 1.82) is 0 Å². The van der Waals surface area contributed by atoms with Crippen molar-refractivity contribution in [3.8, 4) is 11.4 Å². The molecule has 1 aromatic carbocycles. The summed E-state index contributed by atoms with van der Waals surface area (Å²) in [5.74, 6) is 0.868. The molecule has 0 bridgehead atoms. The first-order chi connectivity index (χ1) is 12.6. The Hall–Kier alpha value is -2.60. The topological polar surface area (TPSA) is 48.1 Å². The zero-order valence-electron chi connectivity index (χ0n) is 16.0. The summed E-state index contributed by atoms with van der Waals surface area (Å²) in [5.41, 5.74) is 4.58. The Bertz CT molecular complexity index is 838. The van der Waals surface area contributed by atoms with E-state index in [-0.39, 0.29) is 0 Å². The summed E-state index contributed by atoms with van der Waals surface area (Å²) in [6.45, 7) is 6.91. The fourth-order valence-electron chi connectivity index (χ4n) is 3.21. The van der Waals surface area contributed by atoms with Gasteiger partial charge in [-0.05, 0) is 69.8 Å². The average molecular weight is 353 g/mol. The number of aromatic nitrogens is 4. The van der Waals surface area contributed by atoms with E-state index in [4.69, 9.17) is 4.74 Å². The van der Waals surface area contributed by atoms with Crippen LogP contribution in [-0.4, -0.2) is 45.2 Å². The van der Waals surface area contributed by atoms with E-state index in [1.807, 2.05) is 29.9 Å². The summed E-state index contributed by atoms with van der Waals surface area (Å²) in [4.78, 5) is 2.33. The Morgan fingerprint density at radius 2 is 2.04 bits per heavy atom. The van der Waals surface area contributed by atoms with Crippen molar-refractivity contribution in [3.05, 3.63) is 59.7 Å². The smallest absolute Gasteiger partial charge is 0.119 e. The summed E-state index contributed by atoms with van der Waals surface area (Å²) in [7, 11) is 3.85. The van der Waals surface area contributed by atoms with Crippen LogP contribution in [0.5, 0.6) is 5.75 Å². The minimum Gasteiger partial charge on any atom is -0.497 e. The van der Waals surface area contributed by atoms with Gasteiger partial charge in [0.1, 0.15) is 5.75 Å². The number of hydrogen-bond acceptors (Lipinski definition) is 4. The highest BCUT2D eigenvalue weighted by molar-refractivity contribution is 5.45. The Morgan fingerprint density at radius 3 is 2.69 bits per heavy atom. The maximum absolute atomic E-state index is 5.40. The average Bonchev–Trinajstić information content (AvgIpc) is 3.25. The van der Waals surface area contributed by atoms with Crippen molar-refractivity contribution < 1.29 is 4.74 Å². The summed E-state index contributed by atoms with van der Waals surface area (Å²) in [6.07, 6.45) is 4.82. The number of aryl methyl sites for hydroxylation is 3. The zero-order valence-corrected chi connectivity index (χ0v) is 16.0. The van der Waals surface area contributed by atoms with E-state index in [9.17, 15) is 0 Å². The van der Waals surface area contributed by atoms with Gasteiger partial charge in [0.15, 0.2) is 0 Å². The highest BCUT2D eigenvalue weighted by Gasteiger charge is 2.10. The lowest BCUT2D eigenvalue weighted by molar-refractivity contribution is 0.309. The van der Waals surface area contributed by atoms with Gasteiger partial charge in [-0.1, -0.05) is 0 Å². The van der Waals surface area contributed by atoms with E-state index in [1.54, 1.807) is 13.3 Å². The lowest BCUT2D eigenvalue weighted by Gasteiger charge is -2.19. The van der Waals surface area contributed by atoms with Gasteiger partial charge in [-0.2, -0.15) is 10.2 Å². The van der Waals surface area contributed by atoms with Crippen LogP contribution in [0, 0.1) is 13.8 Å². The van der Waals surface area contributed by atoms with Crippen molar-refractivity contribution >= 4 is 0 Å². The molecule has 3 aromatic rings. The molecule has 0 atom stereocenters. The summed E-state index contributed by atoms with van der Waals surface area (Å²) in [6, 6.07) is 10.2. The second-order valence-electron chi connectivity index (χ2n) is 6.69.